The second kappa shape index (κ2) is 15.5. The Labute approximate surface area is 159 Å². The molecular formula is C23H36O3. The summed E-state index contributed by atoms with van der Waals surface area (Å²) in [5.74, 6) is 0.538. The highest BCUT2D eigenvalue weighted by Gasteiger charge is 1.98. The van der Waals surface area contributed by atoms with Crippen LogP contribution in [0.5, 0.6) is 5.75 Å². The summed E-state index contributed by atoms with van der Waals surface area (Å²) < 4.78 is 10.7. The smallest absolute Gasteiger partial charge is 0.330 e. The van der Waals surface area contributed by atoms with Crippen LogP contribution in [-0.4, -0.2) is 19.2 Å². The summed E-state index contributed by atoms with van der Waals surface area (Å²) >= 11 is 0. The van der Waals surface area contributed by atoms with Gasteiger partial charge in [0.25, 0.3) is 0 Å². The standard InChI is InChI=1S/C23H36O3/c1-3-5-6-7-8-9-10-11-12-13-19-26-22-16-14-15-21(20-22)17-18-23(24)25-4-2/h14-18,20H,3-13,19H2,1-2H3. The normalized spacial score (nSPS) is 11.0. The molecule has 0 atom stereocenters. The molecule has 0 saturated carbocycles. The first-order chi connectivity index (χ1) is 12.8. The molecule has 0 amide bonds. The van der Waals surface area contributed by atoms with E-state index in [1.54, 1.807) is 13.0 Å². The van der Waals surface area contributed by atoms with Gasteiger partial charge >= 0.3 is 5.97 Å². The Hall–Kier alpha value is -1.77. The molecule has 0 unspecified atom stereocenters. The van der Waals surface area contributed by atoms with Crippen molar-refractivity contribution in [2.24, 2.45) is 0 Å². The summed E-state index contributed by atoms with van der Waals surface area (Å²) in [6.45, 7) is 5.21. The van der Waals surface area contributed by atoms with Crippen LogP contribution in [0.2, 0.25) is 0 Å². The summed E-state index contributed by atoms with van der Waals surface area (Å²) in [6.07, 6.45) is 16.5. The van der Waals surface area contributed by atoms with Crippen molar-refractivity contribution < 1.29 is 14.3 Å². The predicted octanol–water partition coefficient (Wildman–Crippen LogP) is 6.56. The predicted molar refractivity (Wildman–Crippen MR) is 109 cm³/mol. The first kappa shape index (κ1) is 22.3. The van der Waals surface area contributed by atoms with Gasteiger partial charge in [-0.2, -0.15) is 0 Å². The molecule has 1 aromatic carbocycles. The number of hydrogen-bond acceptors (Lipinski definition) is 3. The van der Waals surface area contributed by atoms with E-state index in [1.165, 1.54) is 63.9 Å². The van der Waals surface area contributed by atoms with Crippen molar-refractivity contribution in [2.75, 3.05) is 13.2 Å². The summed E-state index contributed by atoms with van der Waals surface area (Å²) in [5.41, 5.74) is 0.943. The Balaban J connectivity index is 2.10. The quantitative estimate of drug-likeness (QED) is 0.202. The number of hydrogen-bond donors (Lipinski definition) is 0. The average molecular weight is 361 g/mol. The van der Waals surface area contributed by atoms with Gasteiger partial charge in [-0.15, -0.1) is 0 Å². The Bertz CT molecular complexity index is 508. The lowest BCUT2D eigenvalue weighted by Crippen LogP contribution is -1.99. The van der Waals surface area contributed by atoms with Gasteiger partial charge in [0.05, 0.1) is 13.2 Å². The Morgan fingerprint density at radius 3 is 2.23 bits per heavy atom. The highest BCUT2D eigenvalue weighted by molar-refractivity contribution is 5.87. The van der Waals surface area contributed by atoms with E-state index in [2.05, 4.69) is 6.92 Å². The summed E-state index contributed by atoms with van der Waals surface area (Å²) in [6, 6.07) is 7.80. The van der Waals surface area contributed by atoms with E-state index < -0.39 is 0 Å². The molecular weight excluding hydrogens is 324 g/mol. The zero-order valence-corrected chi connectivity index (χ0v) is 16.7. The summed E-state index contributed by atoms with van der Waals surface area (Å²) in [7, 11) is 0. The van der Waals surface area contributed by atoms with Gasteiger partial charge < -0.3 is 9.47 Å². The lowest BCUT2D eigenvalue weighted by molar-refractivity contribution is -0.137. The van der Waals surface area contributed by atoms with Gasteiger partial charge in [-0.25, -0.2) is 4.79 Å². The molecule has 0 aromatic heterocycles. The topological polar surface area (TPSA) is 35.5 Å². The maximum absolute atomic E-state index is 11.3. The van der Waals surface area contributed by atoms with Crippen LogP contribution in [0.3, 0.4) is 0 Å². The highest BCUT2D eigenvalue weighted by Crippen LogP contribution is 2.16. The molecule has 0 heterocycles. The Kier molecular flexibility index (Phi) is 13.3. The van der Waals surface area contributed by atoms with Crippen LogP contribution < -0.4 is 4.74 Å². The molecule has 3 heteroatoms. The van der Waals surface area contributed by atoms with Crippen LogP contribution in [0.15, 0.2) is 30.3 Å². The van der Waals surface area contributed by atoms with Gasteiger partial charge in [-0.3, -0.25) is 0 Å². The fourth-order valence-electron chi connectivity index (χ4n) is 2.84. The Morgan fingerprint density at radius 2 is 1.58 bits per heavy atom. The minimum Gasteiger partial charge on any atom is -0.494 e. The average Bonchev–Trinajstić information content (AvgIpc) is 2.65. The highest BCUT2D eigenvalue weighted by atomic mass is 16.5. The SMILES string of the molecule is CCCCCCCCCCCCOc1cccc(C=CC(=O)OCC)c1. The molecule has 3 nitrogen and oxygen atoms in total. The van der Waals surface area contributed by atoms with E-state index >= 15 is 0 Å². The van der Waals surface area contributed by atoms with Gasteiger partial charge in [0.1, 0.15) is 5.75 Å². The van der Waals surface area contributed by atoms with Gasteiger partial charge in [0.2, 0.25) is 0 Å². The molecule has 0 aliphatic heterocycles. The third-order valence-electron chi connectivity index (χ3n) is 4.32. The van der Waals surface area contributed by atoms with Gasteiger partial charge in [0, 0.05) is 6.08 Å². The van der Waals surface area contributed by atoms with Crippen LogP contribution in [0.25, 0.3) is 6.08 Å². The molecule has 26 heavy (non-hydrogen) atoms. The van der Waals surface area contributed by atoms with Crippen molar-refractivity contribution in [3.63, 3.8) is 0 Å². The first-order valence-corrected chi connectivity index (χ1v) is 10.3. The molecule has 0 N–H and O–H groups in total. The zero-order chi connectivity index (χ0) is 18.9. The van der Waals surface area contributed by atoms with E-state index in [1.807, 2.05) is 24.3 Å². The maximum atomic E-state index is 11.3. The molecule has 0 aliphatic carbocycles. The largest absolute Gasteiger partial charge is 0.494 e. The van der Waals surface area contributed by atoms with Crippen molar-refractivity contribution in [1.29, 1.82) is 0 Å². The molecule has 1 rings (SSSR count). The monoisotopic (exact) mass is 360 g/mol. The lowest BCUT2D eigenvalue weighted by atomic mass is 10.1. The molecule has 0 aliphatic rings. The number of carbonyl (C=O) groups is 1. The summed E-state index contributed by atoms with van der Waals surface area (Å²) in [4.78, 5) is 11.3. The molecule has 1 aromatic rings. The molecule has 0 bridgehead atoms. The first-order valence-electron chi connectivity index (χ1n) is 10.3. The van der Waals surface area contributed by atoms with E-state index in [-0.39, 0.29) is 5.97 Å². The number of unbranched alkanes of at least 4 members (excludes halogenated alkanes) is 9. The van der Waals surface area contributed by atoms with Crippen LogP contribution in [0, 0.1) is 0 Å². The van der Waals surface area contributed by atoms with Crippen LogP contribution in [0.1, 0.15) is 83.6 Å². The number of rotatable bonds is 15. The minimum absolute atomic E-state index is 0.316. The van der Waals surface area contributed by atoms with Crippen LogP contribution in [-0.2, 0) is 9.53 Å². The van der Waals surface area contributed by atoms with Crippen LogP contribution in [0.4, 0.5) is 0 Å². The number of benzene rings is 1. The second-order valence-corrected chi connectivity index (χ2v) is 6.69. The number of ether oxygens (including phenoxy) is 2. The fraction of sp³-hybridized carbons (Fsp3) is 0.609. The molecule has 146 valence electrons. The Morgan fingerprint density at radius 1 is 0.923 bits per heavy atom. The molecule has 0 fully saturated rings. The second-order valence-electron chi connectivity index (χ2n) is 6.69. The number of esters is 1. The third-order valence-corrected chi connectivity index (χ3v) is 4.32. The van der Waals surface area contributed by atoms with Crippen LogP contribution >= 0.6 is 0 Å². The lowest BCUT2D eigenvalue weighted by Gasteiger charge is -2.07. The van der Waals surface area contributed by atoms with E-state index in [4.69, 9.17) is 9.47 Å². The fourth-order valence-corrected chi connectivity index (χ4v) is 2.84. The summed E-state index contributed by atoms with van der Waals surface area (Å²) in [5, 5.41) is 0. The van der Waals surface area contributed by atoms with E-state index in [0.29, 0.717) is 6.61 Å². The van der Waals surface area contributed by atoms with Crippen molar-refractivity contribution in [2.45, 2.75) is 78.1 Å². The van der Waals surface area contributed by atoms with Crippen molar-refractivity contribution in [3.8, 4) is 5.75 Å². The number of carbonyl (C=O) groups excluding carboxylic acids is 1. The zero-order valence-electron chi connectivity index (χ0n) is 16.7. The molecule has 0 saturated heterocycles. The van der Waals surface area contributed by atoms with Gasteiger partial charge in [-0.1, -0.05) is 76.8 Å². The van der Waals surface area contributed by atoms with Gasteiger partial charge in [-0.05, 0) is 37.1 Å². The minimum atomic E-state index is -0.316. The maximum Gasteiger partial charge on any atom is 0.330 e. The third kappa shape index (κ3) is 11.7. The molecule has 0 radical (unpaired) electrons. The van der Waals surface area contributed by atoms with E-state index in [0.717, 1.165) is 24.3 Å². The van der Waals surface area contributed by atoms with Crippen molar-refractivity contribution in [3.05, 3.63) is 35.9 Å². The van der Waals surface area contributed by atoms with Crippen molar-refractivity contribution >= 4 is 12.0 Å². The van der Waals surface area contributed by atoms with E-state index in [9.17, 15) is 4.79 Å². The van der Waals surface area contributed by atoms with Gasteiger partial charge in [0.15, 0.2) is 0 Å². The van der Waals surface area contributed by atoms with Crippen molar-refractivity contribution in [1.82, 2.24) is 0 Å². The molecule has 0 spiro atoms.